The van der Waals surface area contributed by atoms with E-state index in [2.05, 4.69) is 23.9 Å². The highest BCUT2D eigenvalue weighted by atomic mass is 32.1. The lowest BCUT2D eigenvalue weighted by molar-refractivity contribution is -0.131. The van der Waals surface area contributed by atoms with Gasteiger partial charge in [0, 0.05) is 7.11 Å². The molecule has 0 aromatic carbocycles. The summed E-state index contributed by atoms with van der Waals surface area (Å²) in [4.78, 5) is 9.39. The van der Waals surface area contributed by atoms with Crippen molar-refractivity contribution in [1.82, 2.24) is 0 Å². The van der Waals surface area contributed by atoms with Crippen LogP contribution in [0.4, 0.5) is 0 Å². The first-order valence-corrected chi connectivity index (χ1v) is 5.30. The second kappa shape index (κ2) is 11.9. The Morgan fingerprint density at radius 2 is 1.94 bits per heavy atom. The molecule has 0 aliphatic rings. The molecule has 0 fully saturated rings. The van der Waals surface area contributed by atoms with Gasteiger partial charge in [-0.15, -0.1) is 12.6 Å². The number of carboxylic acids is 1. The highest BCUT2D eigenvalue weighted by Crippen LogP contribution is 1.92. The second-order valence-corrected chi connectivity index (χ2v) is 3.73. The fourth-order valence-corrected chi connectivity index (χ4v) is 0.569. The molecular formula is C10H20O6S. The van der Waals surface area contributed by atoms with Crippen molar-refractivity contribution in [2.45, 2.75) is 19.1 Å². The van der Waals surface area contributed by atoms with Gasteiger partial charge in [0.05, 0.1) is 30.8 Å². The normalized spacial score (nSPS) is 13.2. The molecule has 2 unspecified atom stereocenters. The Morgan fingerprint density at radius 3 is 2.24 bits per heavy atom. The molecule has 0 aromatic rings. The van der Waals surface area contributed by atoms with Crippen LogP contribution in [0.25, 0.3) is 0 Å². The summed E-state index contributed by atoms with van der Waals surface area (Å²) in [6.45, 7) is 5.19. The molecule has 17 heavy (non-hydrogen) atoms. The van der Waals surface area contributed by atoms with E-state index in [-0.39, 0.29) is 30.8 Å². The van der Waals surface area contributed by atoms with Crippen LogP contribution in [0.5, 0.6) is 0 Å². The zero-order valence-corrected chi connectivity index (χ0v) is 10.9. The van der Waals surface area contributed by atoms with E-state index in [0.29, 0.717) is 0 Å². The lowest BCUT2D eigenvalue weighted by atomic mass is 10.4. The molecule has 0 heterocycles. The third-order valence-corrected chi connectivity index (χ3v) is 1.63. The molecule has 0 saturated carbocycles. The maximum Gasteiger partial charge on any atom is 0.341 e. The number of aliphatic carboxylic acids is 1. The van der Waals surface area contributed by atoms with Crippen LogP contribution in [0, 0.1) is 0 Å². The SMILES string of the molecule is C=C(S)C(=O)O.COCC(O)COC(C)CO. The maximum atomic E-state index is 9.52. The van der Waals surface area contributed by atoms with Crippen molar-refractivity contribution in [3.8, 4) is 0 Å². The van der Waals surface area contributed by atoms with Gasteiger partial charge in [-0.05, 0) is 6.92 Å². The molecule has 0 aromatic heterocycles. The summed E-state index contributed by atoms with van der Waals surface area (Å²) in [5.74, 6) is -1.07. The lowest BCUT2D eigenvalue weighted by Gasteiger charge is -2.13. The summed E-state index contributed by atoms with van der Waals surface area (Å²) in [5, 5.41) is 25.4. The van der Waals surface area contributed by atoms with Crippen LogP contribution in [0.15, 0.2) is 11.5 Å². The van der Waals surface area contributed by atoms with Crippen LogP contribution in [-0.4, -0.2) is 60.4 Å². The predicted octanol–water partition coefficient (Wildman–Crippen LogP) is -0.0944. The van der Waals surface area contributed by atoms with Crippen LogP contribution >= 0.6 is 12.6 Å². The van der Waals surface area contributed by atoms with Gasteiger partial charge < -0.3 is 24.8 Å². The Hall–Kier alpha value is -0.600. The highest BCUT2D eigenvalue weighted by molar-refractivity contribution is 7.85. The summed E-state index contributed by atoms with van der Waals surface area (Å²) < 4.78 is 9.70. The van der Waals surface area contributed by atoms with Gasteiger partial charge in [-0.2, -0.15) is 0 Å². The van der Waals surface area contributed by atoms with Gasteiger partial charge in [-0.1, -0.05) is 6.58 Å². The molecule has 7 heteroatoms. The predicted molar refractivity (Wildman–Crippen MR) is 66.1 cm³/mol. The van der Waals surface area contributed by atoms with Crippen molar-refractivity contribution in [2.24, 2.45) is 0 Å². The van der Waals surface area contributed by atoms with E-state index in [1.165, 1.54) is 7.11 Å². The van der Waals surface area contributed by atoms with Gasteiger partial charge in [-0.25, -0.2) is 4.79 Å². The Morgan fingerprint density at radius 1 is 1.47 bits per heavy atom. The number of carbonyl (C=O) groups is 1. The number of aliphatic hydroxyl groups is 2. The van der Waals surface area contributed by atoms with E-state index in [0.717, 1.165) is 0 Å². The maximum absolute atomic E-state index is 9.52. The van der Waals surface area contributed by atoms with E-state index in [4.69, 9.17) is 20.1 Å². The monoisotopic (exact) mass is 268 g/mol. The van der Waals surface area contributed by atoms with Gasteiger partial charge in [0.25, 0.3) is 0 Å². The number of hydrogen-bond donors (Lipinski definition) is 4. The van der Waals surface area contributed by atoms with Gasteiger partial charge in [-0.3, -0.25) is 0 Å². The molecule has 0 bridgehead atoms. The van der Waals surface area contributed by atoms with Crippen molar-refractivity contribution >= 4 is 18.6 Å². The van der Waals surface area contributed by atoms with Crippen molar-refractivity contribution < 1.29 is 29.6 Å². The van der Waals surface area contributed by atoms with Gasteiger partial charge >= 0.3 is 5.97 Å². The second-order valence-electron chi connectivity index (χ2n) is 3.19. The molecule has 0 amide bonds. The molecule has 3 N–H and O–H groups in total. The summed E-state index contributed by atoms with van der Waals surface area (Å²) in [7, 11) is 1.51. The minimum absolute atomic E-state index is 0.0281. The van der Waals surface area contributed by atoms with Gasteiger partial charge in [0.1, 0.15) is 6.10 Å². The summed E-state index contributed by atoms with van der Waals surface area (Å²) in [6, 6.07) is 0. The molecule has 0 rings (SSSR count). The minimum atomic E-state index is -1.07. The average Bonchev–Trinajstić information content (AvgIpc) is 2.27. The van der Waals surface area contributed by atoms with E-state index in [1.54, 1.807) is 6.92 Å². The molecule has 0 saturated heterocycles. The zero-order valence-electron chi connectivity index (χ0n) is 10.00. The molecular weight excluding hydrogens is 248 g/mol. The molecule has 2 atom stereocenters. The molecule has 102 valence electrons. The minimum Gasteiger partial charge on any atom is -0.477 e. The molecule has 0 aliphatic heterocycles. The van der Waals surface area contributed by atoms with E-state index < -0.39 is 12.1 Å². The Labute approximate surface area is 106 Å². The van der Waals surface area contributed by atoms with Crippen LogP contribution in [-0.2, 0) is 14.3 Å². The van der Waals surface area contributed by atoms with Gasteiger partial charge in [0.2, 0.25) is 0 Å². The van der Waals surface area contributed by atoms with Crippen molar-refractivity contribution in [2.75, 3.05) is 26.9 Å². The van der Waals surface area contributed by atoms with Crippen LogP contribution in [0.2, 0.25) is 0 Å². The fourth-order valence-electron chi connectivity index (χ4n) is 0.569. The van der Waals surface area contributed by atoms with Crippen molar-refractivity contribution in [3.05, 3.63) is 11.5 Å². The first-order chi connectivity index (χ1) is 7.84. The third-order valence-electron chi connectivity index (χ3n) is 1.44. The molecule has 6 nitrogen and oxygen atoms in total. The van der Waals surface area contributed by atoms with Crippen LogP contribution < -0.4 is 0 Å². The zero-order chi connectivity index (χ0) is 13.8. The average molecular weight is 268 g/mol. The van der Waals surface area contributed by atoms with Crippen molar-refractivity contribution in [3.63, 3.8) is 0 Å². The van der Waals surface area contributed by atoms with Gasteiger partial charge in [0.15, 0.2) is 0 Å². The lowest BCUT2D eigenvalue weighted by Crippen LogP contribution is -2.25. The number of aliphatic hydroxyl groups excluding tert-OH is 2. The summed E-state index contributed by atoms with van der Waals surface area (Å²) in [6.07, 6.45) is -0.824. The summed E-state index contributed by atoms with van der Waals surface area (Å²) in [5.41, 5.74) is 0. The smallest absolute Gasteiger partial charge is 0.341 e. The molecule has 0 radical (unpaired) electrons. The molecule has 0 aliphatic carbocycles. The largest absolute Gasteiger partial charge is 0.477 e. The first kappa shape index (κ1) is 18.8. The number of carboxylic acid groups (broad SMARTS) is 1. The highest BCUT2D eigenvalue weighted by Gasteiger charge is 2.05. The Bertz CT molecular complexity index is 209. The topological polar surface area (TPSA) is 96.2 Å². The summed E-state index contributed by atoms with van der Waals surface area (Å²) >= 11 is 3.40. The number of methoxy groups -OCH3 is 1. The number of ether oxygens (including phenoxy) is 2. The van der Waals surface area contributed by atoms with E-state index >= 15 is 0 Å². The number of thiol groups is 1. The Kier molecular flexibility index (Phi) is 13.1. The standard InChI is InChI=1S/C7H16O4.C3H4O2S/c1-6(3-8)11-5-7(9)4-10-2;1-2(6)3(4)5/h6-9H,3-5H2,1-2H3;6H,1H2,(H,4,5). The Balaban J connectivity index is 0. The molecule has 0 spiro atoms. The van der Waals surface area contributed by atoms with E-state index in [9.17, 15) is 4.79 Å². The van der Waals surface area contributed by atoms with Crippen LogP contribution in [0.1, 0.15) is 6.92 Å². The van der Waals surface area contributed by atoms with Crippen molar-refractivity contribution in [1.29, 1.82) is 0 Å². The van der Waals surface area contributed by atoms with E-state index in [1.807, 2.05) is 0 Å². The first-order valence-electron chi connectivity index (χ1n) is 4.85. The third kappa shape index (κ3) is 15.4. The quantitative estimate of drug-likeness (QED) is 0.380. The van der Waals surface area contributed by atoms with Crippen LogP contribution in [0.3, 0.4) is 0 Å². The fraction of sp³-hybridized carbons (Fsp3) is 0.700. The number of hydrogen-bond acceptors (Lipinski definition) is 6. The number of rotatable bonds is 7.